The lowest BCUT2D eigenvalue weighted by molar-refractivity contribution is 0.286. The van der Waals surface area contributed by atoms with Gasteiger partial charge < -0.3 is 4.74 Å². The van der Waals surface area contributed by atoms with Crippen LogP contribution in [0.25, 0.3) is 0 Å². The monoisotopic (exact) mass is 184 g/mol. The van der Waals surface area contributed by atoms with E-state index in [1.807, 2.05) is 0 Å². The normalized spacial score (nSPS) is 21.3. The second kappa shape index (κ2) is 2.98. The molecule has 0 aromatic heterocycles. The van der Waals surface area contributed by atoms with E-state index in [0.717, 1.165) is 17.7 Å². The summed E-state index contributed by atoms with van der Waals surface area (Å²) in [5.74, 6) is 0.543. The fourth-order valence-corrected chi connectivity index (χ4v) is 1.65. The Morgan fingerprint density at radius 2 is 2.33 bits per heavy atom. The van der Waals surface area contributed by atoms with E-state index in [4.69, 9.17) is 4.74 Å². The Bertz CT molecular complexity index is 301. The predicted octanol–water partition coefficient (Wildman–Crippen LogP) is 2.58. The number of hydrogen-bond acceptors (Lipinski definition) is 2. The van der Waals surface area contributed by atoms with Crippen molar-refractivity contribution in [1.82, 2.24) is 0 Å². The van der Waals surface area contributed by atoms with Crippen LogP contribution in [0.3, 0.4) is 0 Å². The Hall–Kier alpha value is -0.700. The van der Waals surface area contributed by atoms with Gasteiger partial charge in [0, 0.05) is 10.8 Å². The van der Waals surface area contributed by atoms with E-state index in [1.54, 1.807) is 6.07 Å². The molecule has 1 aliphatic rings. The van der Waals surface area contributed by atoms with Crippen molar-refractivity contribution in [1.29, 1.82) is 0 Å². The number of halogens is 1. The molecule has 1 aliphatic heterocycles. The van der Waals surface area contributed by atoms with Gasteiger partial charge in [0.15, 0.2) is 0 Å². The van der Waals surface area contributed by atoms with E-state index in [1.165, 1.54) is 12.1 Å². The van der Waals surface area contributed by atoms with Crippen molar-refractivity contribution in [3.8, 4) is 5.75 Å². The molecule has 0 N–H and O–H groups in total. The van der Waals surface area contributed by atoms with Crippen LogP contribution in [0.5, 0.6) is 5.75 Å². The lowest BCUT2D eigenvalue weighted by atomic mass is 10.1. The molecule has 0 saturated carbocycles. The summed E-state index contributed by atoms with van der Waals surface area (Å²) in [6.45, 7) is 0.673. The summed E-state index contributed by atoms with van der Waals surface area (Å²) >= 11 is 4.34. The maximum absolute atomic E-state index is 12.8. The van der Waals surface area contributed by atoms with Crippen molar-refractivity contribution in [3.05, 3.63) is 29.6 Å². The second-order valence-corrected chi connectivity index (χ2v) is 3.46. The number of thiol groups is 1. The molecule has 0 aliphatic carbocycles. The zero-order valence-electron chi connectivity index (χ0n) is 6.46. The van der Waals surface area contributed by atoms with Gasteiger partial charge in [-0.25, -0.2) is 4.39 Å². The smallest absolute Gasteiger partial charge is 0.123 e. The van der Waals surface area contributed by atoms with Gasteiger partial charge in [-0.3, -0.25) is 0 Å². The van der Waals surface area contributed by atoms with E-state index in [-0.39, 0.29) is 11.1 Å². The lowest BCUT2D eigenvalue weighted by Gasteiger charge is -2.21. The van der Waals surface area contributed by atoms with Crippen molar-refractivity contribution >= 4 is 12.6 Å². The largest absolute Gasteiger partial charge is 0.493 e. The van der Waals surface area contributed by atoms with Crippen molar-refractivity contribution < 1.29 is 9.13 Å². The summed E-state index contributed by atoms with van der Waals surface area (Å²) in [6, 6.07) is 4.56. The molecule has 0 amide bonds. The quantitative estimate of drug-likeness (QED) is 0.610. The van der Waals surface area contributed by atoms with Gasteiger partial charge in [-0.2, -0.15) is 12.6 Å². The molecule has 2 rings (SSSR count). The molecule has 3 heteroatoms. The van der Waals surface area contributed by atoms with E-state index in [9.17, 15) is 4.39 Å². The molecule has 0 fully saturated rings. The minimum atomic E-state index is -0.224. The van der Waals surface area contributed by atoms with Gasteiger partial charge in [0.2, 0.25) is 0 Å². The maximum Gasteiger partial charge on any atom is 0.123 e. The van der Waals surface area contributed by atoms with Crippen molar-refractivity contribution in [3.63, 3.8) is 0 Å². The molecule has 64 valence electrons. The molecule has 1 atom stereocenters. The Kier molecular flexibility index (Phi) is 1.97. The standard InChI is InChI=1S/C9H9FOS/c10-6-1-2-8-7(5-6)9(12)3-4-11-8/h1-2,5,9,12H,3-4H2. The maximum atomic E-state index is 12.8. The molecule has 12 heavy (non-hydrogen) atoms. The van der Waals surface area contributed by atoms with Crippen LogP contribution in [0.4, 0.5) is 4.39 Å². The highest BCUT2D eigenvalue weighted by Gasteiger charge is 2.18. The molecule has 1 aromatic rings. The third kappa shape index (κ3) is 1.29. The third-order valence-corrected chi connectivity index (χ3v) is 2.52. The van der Waals surface area contributed by atoms with Crippen LogP contribution in [-0.4, -0.2) is 6.61 Å². The summed E-state index contributed by atoms with van der Waals surface area (Å²) in [7, 11) is 0. The topological polar surface area (TPSA) is 9.23 Å². The molecule has 1 nitrogen and oxygen atoms in total. The fourth-order valence-electron chi connectivity index (χ4n) is 1.35. The summed E-state index contributed by atoms with van der Waals surface area (Å²) in [4.78, 5) is 0. The summed E-state index contributed by atoms with van der Waals surface area (Å²) in [6.07, 6.45) is 0.847. The molecule has 1 unspecified atom stereocenters. The third-order valence-electron chi connectivity index (χ3n) is 1.98. The van der Waals surface area contributed by atoms with E-state index in [0.29, 0.717) is 6.61 Å². The Morgan fingerprint density at radius 3 is 3.17 bits per heavy atom. The molecule has 0 bridgehead atoms. The Labute approximate surface area is 76.0 Å². The predicted molar refractivity (Wildman–Crippen MR) is 48.2 cm³/mol. The number of rotatable bonds is 0. The van der Waals surface area contributed by atoms with E-state index < -0.39 is 0 Å². The summed E-state index contributed by atoms with van der Waals surface area (Å²) in [5.41, 5.74) is 0.865. The lowest BCUT2D eigenvalue weighted by Crippen LogP contribution is -2.10. The highest BCUT2D eigenvalue weighted by Crippen LogP contribution is 2.35. The summed E-state index contributed by atoms with van der Waals surface area (Å²) in [5, 5.41) is 0.115. The first-order valence-corrected chi connectivity index (χ1v) is 4.39. The average molecular weight is 184 g/mol. The van der Waals surface area contributed by atoms with Crippen molar-refractivity contribution in [2.45, 2.75) is 11.7 Å². The highest BCUT2D eigenvalue weighted by atomic mass is 32.1. The SMILES string of the molecule is Fc1ccc2c(c1)C(S)CCO2. The highest BCUT2D eigenvalue weighted by molar-refractivity contribution is 7.80. The average Bonchev–Trinajstić information content (AvgIpc) is 2.07. The molecule has 0 radical (unpaired) electrons. The minimum Gasteiger partial charge on any atom is -0.493 e. The zero-order chi connectivity index (χ0) is 8.55. The van der Waals surface area contributed by atoms with Crippen LogP contribution < -0.4 is 4.74 Å². The number of fused-ring (bicyclic) bond motifs is 1. The van der Waals surface area contributed by atoms with Crippen LogP contribution in [0.1, 0.15) is 17.2 Å². The second-order valence-electron chi connectivity index (χ2n) is 2.84. The van der Waals surface area contributed by atoms with Gasteiger partial charge in [0.1, 0.15) is 11.6 Å². The van der Waals surface area contributed by atoms with Gasteiger partial charge in [-0.15, -0.1) is 0 Å². The summed E-state index contributed by atoms with van der Waals surface area (Å²) < 4.78 is 18.1. The first-order chi connectivity index (χ1) is 5.77. The molecule has 0 spiro atoms. The number of benzene rings is 1. The molecule has 0 saturated heterocycles. The first-order valence-electron chi connectivity index (χ1n) is 3.87. The zero-order valence-corrected chi connectivity index (χ0v) is 7.35. The van der Waals surface area contributed by atoms with Crippen LogP contribution in [0, 0.1) is 5.82 Å². The van der Waals surface area contributed by atoms with Crippen LogP contribution in [-0.2, 0) is 0 Å². The molecule has 1 heterocycles. The Balaban J connectivity index is 2.47. The molecular weight excluding hydrogens is 175 g/mol. The van der Waals surface area contributed by atoms with Crippen molar-refractivity contribution in [2.75, 3.05) is 6.61 Å². The van der Waals surface area contributed by atoms with Crippen molar-refractivity contribution in [2.24, 2.45) is 0 Å². The minimum absolute atomic E-state index is 0.115. The Morgan fingerprint density at radius 1 is 1.50 bits per heavy atom. The van der Waals surface area contributed by atoms with Gasteiger partial charge in [-0.05, 0) is 24.6 Å². The van der Waals surface area contributed by atoms with E-state index >= 15 is 0 Å². The van der Waals surface area contributed by atoms with Gasteiger partial charge in [-0.1, -0.05) is 0 Å². The fraction of sp³-hybridized carbons (Fsp3) is 0.333. The first kappa shape index (κ1) is 7.92. The number of ether oxygens (including phenoxy) is 1. The van der Waals surface area contributed by atoms with Crippen LogP contribution in [0.2, 0.25) is 0 Å². The van der Waals surface area contributed by atoms with E-state index in [2.05, 4.69) is 12.6 Å². The van der Waals surface area contributed by atoms with Crippen LogP contribution in [0.15, 0.2) is 18.2 Å². The van der Waals surface area contributed by atoms with Crippen LogP contribution >= 0.6 is 12.6 Å². The van der Waals surface area contributed by atoms with Gasteiger partial charge in [0.25, 0.3) is 0 Å². The van der Waals surface area contributed by atoms with Gasteiger partial charge >= 0.3 is 0 Å². The van der Waals surface area contributed by atoms with Gasteiger partial charge in [0.05, 0.1) is 6.61 Å². The number of hydrogen-bond donors (Lipinski definition) is 1. The molecule has 1 aromatic carbocycles. The molecular formula is C9H9FOS.